The minimum Gasteiger partial charge on any atom is -0.350 e. The van der Waals surface area contributed by atoms with E-state index in [0.29, 0.717) is 0 Å². The van der Waals surface area contributed by atoms with Gasteiger partial charge in [-0.05, 0) is 95.7 Å². The molecule has 2 heterocycles. The Kier molecular flexibility index (Phi) is 6.76. The fourth-order valence-corrected chi connectivity index (χ4v) is 11.2. The van der Waals surface area contributed by atoms with Gasteiger partial charge in [-0.2, -0.15) is 0 Å². The molecule has 3 aliphatic rings. The SMILES string of the molecule is CC1(C)c2ccccc2-c2cccc(C3N=C(c4ccccc4)NC(c4cccc5sc6ccc(-c7cccc8c7-c7cccc9cccc-8c79)cc6c45)N3)c21. The third-order valence-electron chi connectivity index (χ3n) is 12.5. The summed E-state index contributed by atoms with van der Waals surface area (Å²) < 4.78 is 2.57. The zero-order valence-corrected chi connectivity index (χ0v) is 31.9. The van der Waals surface area contributed by atoms with Gasteiger partial charge in [0.25, 0.3) is 0 Å². The van der Waals surface area contributed by atoms with Gasteiger partial charge >= 0.3 is 0 Å². The minimum absolute atomic E-state index is 0.155. The lowest BCUT2D eigenvalue weighted by Crippen LogP contribution is -2.45. The molecule has 9 aromatic rings. The second kappa shape index (κ2) is 11.8. The van der Waals surface area contributed by atoms with E-state index in [9.17, 15) is 0 Å². The maximum Gasteiger partial charge on any atom is 0.131 e. The van der Waals surface area contributed by atoms with Crippen LogP contribution in [0.1, 0.15) is 54.0 Å². The van der Waals surface area contributed by atoms with Gasteiger partial charge in [-0.25, -0.2) is 4.99 Å². The molecule has 4 heteroatoms. The van der Waals surface area contributed by atoms with Gasteiger partial charge in [-0.3, -0.25) is 5.32 Å². The normalized spacial score (nSPS) is 17.4. The van der Waals surface area contributed by atoms with Crippen molar-refractivity contribution in [3.05, 3.63) is 192 Å². The maximum atomic E-state index is 5.45. The van der Waals surface area contributed by atoms with Crippen LogP contribution in [-0.2, 0) is 5.41 Å². The number of fused-ring (bicyclic) bond motifs is 9. The van der Waals surface area contributed by atoms with E-state index in [0.717, 1.165) is 11.4 Å². The van der Waals surface area contributed by atoms with E-state index in [1.165, 1.54) is 97.7 Å². The molecule has 1 aromatic heterocycles. The Labute approximate surface area is 330 Å². The van der Waals surface area contributed by atoms with Crippen LogP contribution in [0.3, 0.4) is 0 Å². The van der Waals surface area contributed by atoms with E-state index in [1.54, 1.807) is 0 Å². The number of amidine groups is 1. The lowest BCUT2D eigenvalue weighted by atomic mass is 9.79. The van der Waals surface area contributed by atoms with Crippen molar-refractivity contribution >= 4 is 48.1 Å². The predicted molar refractivity (Wildman–Crippen MR) is 235 cm³/mol. The summed E-state index contributed by atoms with van der Waals surface area (Å²) in [5, 5.41) is 13.1. The fourth-order valence-electron chi connectivity index (χ4n) is 10.1. The van der Waals surface area contributed by atoms with Crippen LogP contribution in [0.5, 0.6) is 0 Å². The van der Waals surface area contributed by atoms with Crippen molar-refractivity contribution in [2.45, 2.75) is 31.6 Å². The molecular weight excluding hydrogens is 699 g/mol. The first-order valence-corrected chi connectivity index (χ1v) is 20.3. The highest BCUT2D eigenvalue weighted by atomic mass is 32.1. The van der Waals surface area contributed by atoms with Crippen molar-refractivity contribution in [1.29, 1.82) is 0 Å². The second-order valence-electron chi connectivity index (χ2n) is 15.9. The largest absolute Gasteiger partial charge is 0.350 e. The number of nitrogens with zero attached hydrogens (tertiary/aromatic N) is 1. The smallest absolute Gasteiger partial charge is 0.131 e. The summed E-state index contributed by atoms with van der Waals surface area (Å²) in [6, 6.07) is 60.3. The highest BCUT2D eigenvalue weighted by molar-refractivity contribution is 7.25. The molecule has 2 atom stereocenters. The molecule has 2 N–H and O–H groups in total. The molecule has 12 rings (SSSR count). The van der Waals surface area contributed by atoms with Gasteiger partial charge in [0, 0.05) is 31.2 Å². The van der Waals surface area contributed by atoms with E-state index < -0.39 is 0 Å². The summed E-state index contributed by atoms with van der Waals surface area (Å²) in [6.45, 7) is 4.72. The van der Waals surface area contributed by atoms with Gasteiger partial charge in [0.1, 0.15) is 18.2 Å². The topological polar surface area (TPSA) is 36.4 Å². The minimum atomic E-state index is -0.257. The number of aliphatic imine (C=N–C) groups is 1. The first-order valence-electron chi connectivity index (χ1n) is 19.5. The standard InChI is InChI=1S/C52H37N3S/c1-52(2)42-25-7-6-17-34(42)37-21-11-24-40(48(37)52)51-54-49(31-13-4-3-5-14-31)53-50(55-51)39-23-12-26-44-47(39)41-29-32(27-28-43(41)56-44)33-18-10-20-36-35-19-8-15-30-16-9-22-38(45(30)35)46(33)36/h3-29,50-51,55H,1-2H3,(H,53,54). The maximum absolute atomic E-state index is 5.45. The van der Waals surface area contributed by atoms with Crippen LogP contribution >= 0.6 is 11.3 Å². The van der Waals surface area contributed by atoms with Gasteiger partial charge in [0.05, 0.1) is 0 Å². The number of hydrogen-bond donors (Lipinski definition) is 2. The zero-order chi connectivity index (χ0) is 37.1. The van der Waals surface area contributed by atoms with Crippen LogP contribution in [0.25, 0.3) is 75.5 Å². The Morgan fingerprint density at radius 2 is 1.23 bits per heavy atom. The Morgan fingerprint density at radius 3 is 2.12 bits per heavy atom. The lowest BCUT2D eigenvalue weighted by molar-refractivity contribution is 0.407. The summed E-state index contributed by atoms with van der Waals surface area (Å²) in [5.41, 5.74) is 16.6. The van der Waals surface area contributed by atoms with E-state index in [-0.39, 0.29) is 17.7 Å². The Morgan fingerprint density at radius 1 is 0.536 bits per heavy atom. The van der Waals surface area contributed by atoms with Gasteiger partial charge in [0.15, 0.2) is 0 Å². The highest BCUT2D eigenvalue weighted by Crippen LogP contribution is 2.53. The van der Waals surface area contributed by atoms with E-state index >= 15 is 0 Å². The Hall–Kier alpha value is -6.33. The molecule has 0 fully saturated rings. The van der Waals surface area contributed by atoms with Crippen molar-refractivity contribution in [1.82, 2.24) is 10.6 Å². The molecule has 0 radical (unpaired) electrons. The monoisotopic (exact) mass is 735 g/mol. The molecule has 0 amide bonds. The van der Waals surface area contributed by atoms with Gasteiger partial charge in [-0.1, -0.05) is 159 Å². The summed E-state index contributed by atoms with van der Waals surface area (Å²) >= 11 is 1.87. The van der Waals surface area contributed by atoms with Gasteiger partial charge in [-0.15, -0.1) is 11.3 Å². The second-order valence-corrected chi connectivity index (χ2v) is 17.0. The average Bonchev–Trinajstić information content (AvgIpc) is 3.87. The van der Waals surface area contributed by atoms with Crippen LogP contribution in [0.15, 0.2) is 169 Å². The number of benzene rings is 8. The van der Waals surface area contributed by atoms with E-state index in [4.69, 9.17) is 4.99 Å². The molecule has 2 aliphatic carbocycles. The third-order valence-corrected chi connectivity index (χ3v) is 13.6. The quantitative estimate of drug-likeness (QED) is 0.189. The van der Waals surface area contributed by atoms with Gasteiger partial charge < -0.3 is 5.32 Å². The molecule has 8 aromatic carbocycles. The van der Waals surface area contributed by atoms with Crippen molar-refractivity contribution in [3.63, 3.8) is 0 Å². The molecule has 3 nitrogen and oxygen atoms in total. The first kappa shape index (κ1) is 32.0. The number of rotatable bonds is 4. The molecule has 0 bridgehead atoms. The molecule has 1 aliphatic heterocycles. The number of thiophene rings is 1. The molecule has 2 unspecified atom stereocenters. The van der Waals surface area contributed by atoms with Crippen molar-refractivity contribution in [2.75, 3.05) is 0 Å². The van der Waals surface area contributed by atoms with Crippen LogP contribution in [0.2, 0.25) is 0 Å². The fraction of sp³-hybridized carbons (Fsp3) is 0.0962. The number of nitrogens with one attached hydrogen (secondary N) is 2. The molecule has 0 spiro atoms. The van der Waals surface area contributed by atoms with Crippen LogP contribution < -0.4 is 10.6 Å². The van der Waals surface area contributed by atoms with Crippen LogP contribution in [0.4, 0.5) is 0 Å². The van der Waals surface area contributed by atoms with Crippen molar-refractivity contribution < 1.29 is 0 Å². The summed E-state index contributed by atoms with van der Waals surface area (Å²) in [7, 11) is 0. The molecule has 266 valence electrons. The molecule has 0 saturated carbocycles. The predicted octanol–water partition coefficient (Wildman–Crippen LogP) is 13.2. The van der Waals surface area contributed by atoms with Crippen LogP contribution in [0, 0.1) is 0 Å². The van der Waals surface area contributed by atoms with E-state index in [1.807, 2.05) is 11.3 Å². The summed E-state index contributed by atoms with van der Waals surface area (Å²) in [5.74, 6) is 0.899. The molecule has 56 heavy (non-hydrogen) atoms. The lowest BCUT2D eigenvalue weighted by Gasteiger charge is -2.35. The Balaban J connectivity index is 1.02. The number of hydrogen-bond acceptors (Lipinski definition) is 4. The van der Waals surface area contributed by atoms with Crippen molar-refractivity contribution in [3.8, 4) is 44.5 Å². The molecular formula is C52H37N3S. The highest BCUT2D eigenvalue weighted by Gasteiger charge is 2.40. The zero-order valence-electron chi connectivity index (χ0n) is 31.1. The Bertz CT molecular complexity index is 3130. The summed E-state index contributed by atoms with van der Waals surface area (Å²) in [6.07, 6.45) is -0.444. The van der Waals surface area contributed by atoms with Gasteiger partial charge in [0.2, 0.25) is 0 Å². The molecule has 0 saturated heterocycles. The first-order chi connectivity index (χ1) is 27.5. The van der Waals surface area contributed by atoms with Crippen LogP contribution in [-0.4, -0.2) is 5.84 Å². The van der Waals surface area contributed by atoms with E-state index in [2.05, 4.69) is 188 Å². The average molecular weight is 736 g/mol. The summed E-state index contributed by atoms with van der Waals surface area (Å²) in [4.78, 5) is 5.45. The van der Waals surface area contributed by atoms with Crippen molar-refractivity contribution in [2.24, 2.45) is 4.99 Å². The third kappa shape index (κ3) is 4.51.